The monoisotopic (exact) mass is 256 g/mol. The first kappa shape index (κ1) is 15.0. The van der Waals surface area contributed by atoms with Gasteiger partial charge in [-0.25, -0.2) is 0 Å². The van der Waals surface area contributed by atoms with Crippen LogP contribution in [-0.4, -0.2) is 6.79 Å². The maximum absolute atomic E-state index is 8.00. The Morgan fingerprint density at radius 3 is 2.05 bits per heavy atom. The van der Waals surface area contributed by atoms with Gasteiger partial charge in [0.15, 0.2) is 0 Å². The Kier molecular flexibility index (Phi) is 5.31. The standard InChI is InChI=1S/C16H18O.CH2O/c1-11-5-8-16(14(4)9-11)17-15-7-6-12(2)13(3)10-15;1-2/h5-10H,1-4H3;1H2. The van der Waals surface area contributed by atoms with E-state index in [9.17, 15) is 0 Å². The quantitative estimate of drug-likeness (QED) is 0.789. The molecule has 0 spiro atoms. The highest BCUT2D eigenvalue weighted by atomic mass is 16.5. The zero-order valence-corrected chi connectivity index (χ0v) is 12.0. The van der Waals surface area contributed by atoms with Crippen LogP contribution in [0.15, 0.2) is 36.4 Å². The van der Waals surface area contributed by atoms with Gasteiger partial charge in [-0.3, -0.25) is 0 Å². The molecule has 0 bridgehead atoms. The van der Waals surface area contributed by atoms with Gasteiger partial charge in [0.25, 0.3) is 0 Å². The van der Waals surface area contributed by atoms with Crippen LogP contribution in [0.1, 0.15) is 22.3 Å². The first-order chi connectivity index (χ1) is 9.06. The fourth-order valence-electron chi connectivity index (χ4n) is 1.82. The normalized spacial score (nSPS) is 9.47. The fourth-order valence-corrected chi connectivity index (χ4v) is 1.82. The van der Waals surface area contributed by atoms with Crippen molar-refractivity contribution in [1.82, 2.24) is 0 Å². The number of carbonyl (C=O) groups is 1. The van der Waals surface area contributed by atoms with Gasteiger partial charge in [-0.1, -0.05) is 23.8 Å². The van der Waals surface area contributed by atoms with E-state index in [0.717, 1.165) is 11.5 Å². The highest BCUT2D eigenvalue weighted by Gasteiger charge is 2.02. The van der Waals surface area contributed by atoms with Crippen molar-refractivity contribution >= 4 is 6.79 Å². The highest BCUT2D eigenvalue weighted by molar-refractivity contribution is 5.41. The van der Waals surface area contributed by atoms with Crippen LogP contribution in [-0.2, 0) is 4.79 Å². The van der Waals surface area contributed by atoms with E-state index in [1.807, 2.05) is 18.9 Å². The van der Waals surface area contributed by atoms with E-state index in [0.29, 0.717) is 0 Å². The molecule has 0 N–H and O–H groups in total. The Morgan fingerprint density at radius 1 is 0.789 bits per heavy atom. The molecule has 0 saturated carbocycles. The van der Waals surface area contributed by atoms with E-state index in [4.69, 9.17) is 9.53 Å². The van der Waals surface area contributed by atoms with Crippen LogP contribution in [0.2, 0.25) is 0 Å². The summed E-state index contributed by atoms with van der Waals surface area (Å²) >= 11 is 0. The molecule has 19 heavy (non-hydrogen) atoms. The van der Waals surface area contributed by atoms with Gasteiger partial charge < -0.3 is 9.53 Å². The third-order valence-electron chi connectivity index (χ3n) is 3.04. The summed E-state index contributed by atoms with van der Waals surface area (Å²) in [5.41, 5.74) is 4.98. The molecule has 2 heteroatoms. The lowest BCUT2D eigenvalue weighted by molar-refractivity contribution is -0.0979. The first-order valence-corrected chi connectivity index (χ1v) is 6.17. The SMILES string of the molecule is C=O.Cc1ccc(Oc2ccc(C)c(C)c2)c(C)c1. The number of aryl methyl sites for hydroxylation is 4. The van der Waals surface area contributed by atoms with Gasteiger partial charge in [0.1, 0.15) is 18.3 Å². The van der Waals surface area contributed by atoms with Gasteiger partial charge in [-0.2, -0.15) is 0 Å². The summed E-state index contributed by atoms with van der Waals surface area (Å²) in [5.74, 6) is 1.83. The zero-order chi connectivity index (χ0) is 14.4. The first-order valence-electron chi connectivity index (χ1n) is 6.17. The van der Waals surface area contributed by atoms with E-state index >= 15 is 0 Å². The molecule has 0 aliphatic rings. The number of benzene rings is 2. The van der Waals surface area contributed by atoms with Gasteiger partial charge in [0.2, 0.25) is 0 Å². The third kappa shape index (κ3) is 3.95. The Bertz CT molecular complexity index is 559. The Hall–Kier alpha value is -2.09. The van der Waals surface area contributed by atoms with Gasteiger partial charge >= 0.3 is 0 Å². The lowest BCUT2D eigenvalue weighted by atomic mass is 10.1. The number of ether oxygens (including phenoxy) is 1. The number of hydrogen-bond donors (Lipinski definition) is 0. The van der Waals surface area contributed by atoms with Gasteiger partial charge in [-0.05, 0) is 62.6 Å². The molecule has 0 aliphatic heterocycles. The molecule has 0 heterocycles. The van der Waals surface area contributed by atoms with Gasteiger partial charge in [0, 0.05) is 0 Å². The zero-order valence-electron chi connectivity index (χ0n) is 12.0. The molecule has 0 radical (unpaired) electrons. The average Bonchev–Trinajstić information content (AvgIpc) is 2.39. The van der Waals surface area contributed by atoms with E-state index in [-0.39, 0.29) is 0 Å². The highest BCUT2D eigenvalue weighted by Crippen LogP contribution is 2.26. The molecule has 2 rings (SSSR count). The molecule has 0 saturated heterocycles. The van der Waals surface area contributed by atoms with Crippen LogP contribution < -0.4 is 4.74 Å². The third-order valence-corrected chi connectivity index (χ3v) is 3.04. The lowest BCUT2D eigenvalue weighted by Gasteiger charge is -2.10. The largest absolute Gasteiger partial charge is 0.457 e. The van der Waals surface area contributed by atoms with Crippen molar-refractivity contribution in [2.75, 3.05) is 0 Å². The van der Waals surface area contributed by atoms with Crippen LogP contribution in [0.25, 0.3) is 0 Å². The molecule has 0 aliphatic carbocycles. The van der Waals surface area contributed by atoms with Crippen molar-refractivity contribution in [3.8, 4) is 11.5 Å². The van der Waals surface area contributed by atoms with Crippen molar-refractivity contribution in [3.05, 3.63) is 58.7 Å². The number of hydrogen-bond acceptors (Lipinski definition) is 2. The van der Waals surface area contributed by atoms with Crippen LogP contribution in [0.3, 0.4) is 0 Å². The van der Waals surface area contributed by atoms with Crippen molar-refractivity contribution in [1.29, 1.82) is 0 Å². The molecule has 2 nitrogen and oxygen atoms in total. The molecule has 100 valence electrons. The van der Waals surface area contributed by atoms with E-state index in [2.05, 4.69) is 52.0 Å². The topological polar surface area (TPSA) is 26.3 Å². The molecule has 0 amide bonds. The van der Waals surface area contributed by atoms with Crippen molar-refractivity contribution in [2.45, 2.75) is 27.7 Å². The summed E-state index contributed by atoms with van der Waals surface area (Å²) in [6.45, 7) is 10.4. The molecule has 0 unspecified atom stereocenters. The van der Waals surface area contributed by atoms with E-state index < -0.39 is 0 Å². The molecular weight excluding hydrogens is 236 g/mol. The second-order valence-electron chi connectivity index (χ2n) is 4.62. The minimum Gasteiger partial charge on any atom is -0.457 e. The van der Waals surface area contributed by atoms with Crippen molar-refractivity contribution in [2.24, 2.45) is 0 Å². The summed E-state index contributed by atoms with van der Waals surface area (Å²) in [4.78, 5) is 8.00. The van der Waals surface area contributed by atoms with Crippen LogP contribution in [0.5, 0.6) is 11.5 Å². The molecule has 2 aromatic rings. The summed E-state index contributed by atoms with van der Waals surface area (Å²) in [6, 6.07) is 12.4. The maximum Gasteiger partial charge on any atom is 0.130 e. The predicted octanol–water partition coefficient (Wildman–Crippen LogP) is 4.53. The lowest BCUT2D eigenvalue weighted by Crippen LogP contribution is -1.89. The summed E-state index contributed by atoms with van der Waals surface area (Å²) in [6.07, 6.45) is 0. The Morgan fingerprint density at radius 2 is 1.47 bits per heavy atom. The predicted molar refractivity (Wildman–Crippen MR) is 79.0 cm³/mol. The summed E-state index contributed by atoms with van der Waals surface area (Å²) in [7, 11) is 0. The van der Waals surface area contributed by atoms with Gasteiger partial charge in [0.05, 0.1) is 0 Å². The maximum atomic E-state index is 8.00. The Balaban J connectivity index is 0.000000861. The second-order valence-corrected chi connectivity index (χ2v) is 4.62. The average molecular weight is 256 g/mol. The Labute approximate surface area is 115 Å². The molecule has 0 aromatic heterocycles. The van der Waals surface area contributed by atoms with Crippen LogP contribution >= 0.6 is 0 Å². The molecule has 0 fully saturated rings. The fraction of sp³-hybridized carbons (Fsp3) is 0.235. The minimum absolute atomic E-state index is 0.903. The van der Waals surface area contributed by atoms with Crippen LogP contribution in [0.4, 0.5) is 0 Å². The number of carbonyl (C=O) groups excluding carboxylic acids is 1. The smallest absolute Gasteiger partial charge is 0.130 e. The number of rotatable bonds is 2. The molecule has 0 atom stereocenters. The van der Waals surface area contributed by atoms with Crippen LogP contribution in [0, 0.1) is 27.7 Å². The summed E-state index contributed by atoms with van der Waals surface area (Å²) < 4.78 is 5.90. The summed E-state index contributed by atoms with van der Waals surface area (Å²) in [5, 5.41) is 0. The van der Waals surface area contributed by atoms with Gasteiger partial charge in [-0.15, -0.1) is 0 Å². The van der Waals surface area contributed by atoms with Crippen molar-refractivity contribution < 1.29 is 9.53 Å². The van der Waals surface area contributed by atoms with Crippen molar-refractivity contribution in [3.63, 3.8) is 0 Å². The second kappa shape index (κ2) is 6.74. The van der Waals surface area contributed by atoms with E-state index in [1.54, 1.807) is 0 Å². The molecular formula is C17H20O2. The molecule has 2 aromatic carbocycles. The minimum atomic E-state index is 0.903. The van der Waals surface area contributed by atoms with E-state index in [1.165, 1.54) is 22.3 Å².